The molecule has 112 valence electrons. The van der Waals surface area contributed by atoms with Crippen molar-refractivity contribution in [3.8, 4) is 0 Å². The lowest BCUT2D eigenvalue weighted by molar-refractivity contribution is -0.137. The van der Waals surface area contributed by atoms with Crippen molar-refractivity contribution in [1.82, 2.24) is 10.2 Å². The highest BCUT2D eigenvalue weighted by atomic mass is 35.5. The molecule has 4 heteroatoms. The third-order valence-electron chi connectivity index (χ3n) is 4.19. The van der Waals surface area contributed by atoms with Crippen LogP contribution in [0.1, 0.15) is 52.9 Å². The maximum absolute atomic E-state index is 12.6. The Morgan fingerprint density at radius 1 is 1.32 bits per heavy atom. The van der Waals surface area contributed by atoms with Crippen LogP contribution in [0.4, 0.5) is 0 Å². The van der Waals surface area contributed by atoms with Crippen molar-refractivity contribution >= 4 is 18.3 Å². The van der Waals surface area contributed by atoms with Crippen molar-refractivity contribution in [2.75, 3.05) is 13.1 Å². The zero-order chi connectivity index (χ0) is 13.1. The molecule has 2 fully saturated rings. The Labute approximate surface area is 123 Å². The molecule has 0 aromatic heterocycles. The van der Waals surface area contributed by atoms with Crippen molar-refractivity contribution in [3.05, 3.63) is 0 Å². The van der Waals surface area contributed by atoms with Crippen molar-refractivity contribution in [2.24, 2.45) is 11.8 Å². The monoisotopic (exact) mass is 288 g/mol. The molecule has 1 aliphatic carbocycles. The van der Waals surface area contributed by atoms with E-state index >= 15 is 0 Å². The molecule has 0 radical (unpaired) electrons. The average molecular weight is 289 g/mol. The number of amides is 1. The van der Waals surface area contributed by atoms with Crippen LogP contribution in [0.5, 0.6) is 0 Å². The van der Waals surface area contributed by atoms with Gasteiger partial charge in [0.05, 0.1) is 0 Å². The van der Waals surface area contributed by atoms with Crippen LogP contribution in [0.2, 0.25) is 0 Å². The minimum atomic E-state index is 0. The highest BCUT2D eigenvalue weighted by Crippen LogP contribution is 2.30. The fourth-order valence-electron chi connectivity index (χ4n) is 2.85. The molecule has 0 bridgehead atoms. The summed E-state index contributed by atoms with van der Waals surface area (Å²) < 4.78 is 0. The SMILES string of the molecule is CC(C)CCN(C(=O)[C@H]1CCN[C@@H](C)C1)C1CC1.Cl. The molecule has 1 saturated heterocycles. The largest absolute Gasteiger partial charge is 0.339 e. The molecule has 0 aromatic rings. The lowest BCUT2D eigenvalue weighted by Gasteiger charge is -2.32. The summed E-state index contributed by atoms with van der Waals surface area (Å²) >= 11 is 0. The van der Waals surface area contributed by atoms with Gasteiger partial charge in [-0.3, -0.25) is 4.79 Å². The quantitative estimate of drug-likeness (QED) is 0.844. The van der Waals surface area contributed by atoms with Crippen LogP contribution in [0.15, 0.2) is 0 Å². The Hall–Kier alpha value is -0.280. The van der Waals surface area contributed by atoms with Gasteiger partial charge in [-0.05, 0) is 51.5 Å². The number of halogens is 1. The third-order valence-corrected chi connectivity index (χ3v) is 4.19. The van der Waals surface area contributed by atoms with Crippen LogP contribution in [-0.4, -0.2) is 36.0 Å². The summed E-state index contributed by atoms with van der Waals surface area (Å²) in [6.07, 6.45) is 5.63. The smallest absolute Gasteiger partial charge is 0.226 e. The molecular weight excluding hydrogens is 260 g/mol. The molecule has 1 saturated carbocycles. The second-order valence-corrected chi connectivity index (χ2v) is 6.52. The molecule has 0 spiro atoms. The zero-order valence-corrected chi connectivity index (χ0v) is 13.3. The van der Waals surface area contributed by atoms with E-state index < -0.39 is 0 Å². The third kappa shape index (κ3) is 4.96. The van der Waals surface area contributed by atoms with Crippen LogP contribution >= 0.6 is 12.4 Å². The summed E-state index contributed by atoms with van der Waals surface area (Å²) in [5, 5.41) is 3.43. The molecule has 3 nitrogen and oxygen atoms in total. The highest BCUT2D eigenvalue weighted by Gasteiger charge is 2.36. The maximum atomic E-state index is 12.6. The van der Waals surface area contributed by atoms with E-state index in [0.717, 1.165) is 32.4 Å². The second-order valence-electron chi connectivity index (χ2n) is 6.52. The van der Waals surface area contributed by atoms with Gasteiger partial charge < -0.3 is 10.2 Å². The predicted octanol–water partition coefficient (Wildman–Crippen LogP) is 2.83. The van der Waals surface area contributed by atoms with E-state index in [0.29, 0.717) is 23.9 Å². The van der Waals surface area contributed by atoms with E-state index in [9.17, 15) is 4.79 Å². The van der Waals surface area contributed by atoms with Gasteiger partial charge in [0.1, 0.15) is 0 Å². The van der Waals surface area contributed by atoms with Crippen LogP contribution in [0.3, 0.4) is 0 Å². The number of nitrogens with one attached hydrogen (secondary N) is 1. The lowest BCUT2D eigenvalue weighted by Crippen LogP contribution is -2.45. The van der Waals surface area contributed by atoms with Gasteiger partial charge in [0, 0.05) is 24.5 Å². The van der Waals surface area contributed by atoms with Gasteiger partial charge >= 0.3 is 0 Å². The standard InChI is InChI=1S/C15H28N2O.ClH/c1-11(2)7-9-17(14-4-5-14)15(18)13-6-8-16-12(3)10-13;/h11-14,16H,4-10H2,1-3H3;1H/t12-,13-;/m0./s1. The Morgan fingerprint density at radius 2 is 2.00 bits per heavy atom. The van der Waals surface area contributed by atoms with Gasteiger partial charge in [0.15, 0.2) is 0 Å². The maximum Gasteiger partial charge on any atom is 0.226 e. The fraction of sp³-hybridized carbons (Fsp3) is 0.933. The molecule has 2 aliphatic rings. The Kier molecular flexibility index (Phi) is 6.61. The lowest BCUT2D eigenvalue weighted by atomic mass is 9.91. The van der Waals surface area contributed by atoms with Crippen molar-refractivity contribution in [1.29, 1.82) is 0 Å². The average Bonchev–Trinajstić information content (AvgIpc) is 3.13. The number of nitrogens with zero attached hydrogens (tertiary/aromatic N) is 1. The number of carbonyl (C=O) groups excluding carboxylic acids is 1. The van der Waals surface area contributed by atoms with Gasteiger partial charge in [0.25, 0.3) is 0 Å². The molecule has 2 rings (SSSR count). The molecule has 1 amide bonds. The first-order valence-corrected chi connectivity index (χ1v) is 7.61. The van der Waals surface area contributed by atoms with Crippen LogP contribution in [0, 0.1) is 11.8 Å². The Bertz CT molecular complexity index is 292. The summed E-state index contributed by atoms with van der Waals surface area (Å²) in [4.78, 5) is 14.8. The van der Waals surface area contributed by atoms with Gasteiger partial charge in [-0.25, -0.2) is 0 Å². The molecule has 0 unspecified atom stereocenters. The fourth-order valence-corrected chi connectivity index (χ4v) is 2.85. The summed E-state index contributed by atoms with van der Waals surface area (Å²) in [5.74, 6) is 1.39. The van der Waals surface area contributed by atoms with Gasteiger partial charge in [-0.2, -0.15) is 0 Å². The number of hydrogen-bond acceptors (Lipinski definition) is 2. The van der Waals surface area contributed by atoms with E-state index in [4.69, 9.17) is 0 Å². The topological polar surface area (TPSA) is 32.3 Å². The second kappa shape index (κ2) is 7.49. The van der Waals surface area contributed by atoms with Crippen LogP contribution < -0.4 is 5.32 Å². The van der Waals surface area contributed by atoms with E-state index in [1.54, 1.807) is 0 Å². The first-order valence-electron chi connectivity index (χ1n) is 7.61. The minimum Gasteiger partial charge on any atom is -0.339 e. The van der Waals surface area contributed by atoms with Crippen LogP contribution in [0.25, 0.3) is 0 Å². The number of carbonyl (C=O) groups is 1. The normalized spacial score (nSPS) is 26.9. The Balaban J connectivity index is 0.00000180. The summed E-state index contributed by atoms with van der Waals surface area (Å²) in [7, 11) is 0. The van der Waals surface area contributed by atoms with Crippen molar-refractivity contribution < 1.29 is 4.79 Å². The molecule has 2 atom stereocenters. The summed E-state index contributed by atoms with van der Waals surface area (Å²) in [6.45, 7) is 8.64. The molecule has 0 aromatic carbocycles. The van der Waals surface area contributed by atoms with E-state index in [-0.39, 0.29) is 18.3 Å². The molecule has 1 heterocycles. The molecule has 19 heavy (non-hydrogen) atoms. The Morgan fingerprint density at radius 3 is 2.53 bits per heavy atom. The van der Waals surface area contributed by atoms with Crippen molar-refractivity contribution in [3.63, 3.8) is 0 Å². The van der Waals surface area contributed by atoms with Gasteiger partial charge in [-0.1, -0.05) is 13.8 Å². The van der Waals surface area contributed by atoms with E-state index in [1.807, 2.05) is 0 Å². The molecule has 1 aliphatic heterocycles. The molecular formula is C15H29ClN2O. The van der Waals surface area contributed by atoms with Gasteiger partial charge in [-0.15, -0.1) is 12.4 Å². The zero-order valence-electron chi connectivity index (χ0n) is 12.5. The first-order chi connectivity index (χ1) is 8.58. The van der Waals surface area contributed by atoms with E-state index in [2.05, 4.69) is 31.0 Å². The molecule has 1 N–H and O–H groups in total. The van der Waals surface area contributed by atoms with E-state index in [1.165, 1.54) is 12.8 Å². The number of piperidine rings is 1. The van der Waals surface area contributed by atoms with Crippen molar-refractivity contribution in [2.45, 2.75) is 65.0 Å². The first kappa shape index (κ1) is 16.8. The van der Waals surface area contributed by atoms with Crippen LogP contribution in [-0.2, 0) is 4.79 Å². The summed E-state index contributed by atoms with van der Waals surface area (Å²) in [6, 6.07) is 1.07. The predicted molar refractivity (Wildman–Crippen MR) is 81.6 cm³/mol. The minimum absolute atomic E-state index is 0. The number of hydrogen-bond donors (Lipinski definition) is 1. The highest BCUT2D eigenvalue weighted by molar-refractivity contribution is 5.85. The van der Waals surface area contributed by atoms with Gasteiger partial charge in [0.2, 0.25) is 5.91 Å². The number of rotatable bonds is 5. The summed E-state index contributed by atoms with van der Waals surface area (Å²) in [5.41, 5.74) is 0.